The molecule has 2 N–H and O–H groups in total. The number of primary amides is 1. The SMILES string of the molecule is CN1C(=O)CC(c2ccc(C(N)=O)c(C3=CCCCC3)c2)CC1=O. The molecule has 5 heteroatoms. The van der Waals surface area contributed by atoms with Crippen LogP contribution in [0.4, 0.5) is 0 Å². The second-order valence-corrected chi connectivity index (χ2v) is 6.60. The number of carbonyl (C=O) groups is 3. The topological polar surface area (TPSA) is 80.5 Å². The van der Waals surface area contributed by atoms with Crippen LogP contribution in [0.1, 0.15) is 65.9 Å². The van der Waals surface area contributed by atoms with Crippen LogP contribution >= 0.6 is 0 Å². The van der Waals surface area contributed by atoms with E-state index in [4.69, 9.17) is 5.73 Å². The number of carbonyl (C=O) groups excluding carboxylic acids is 3. The summed E-state index contributed by atoms with van der Waals surface area (Å²) in [7, 11) is 1.52. The number of nitrogens with two attached hydrogens (primary N) is 1. The van der Waals surface area contributed by atoms with Crippen LogP contribution < -0.4 is 5.73 Å². The first-order valence-electron chi connectivity index (χ1n) is 8.40. The number of likely N-dealkylation sites (tertiary alicyclic amines) is 1. The monoisotopic (exact) mass is 326 g/mol. The molecule has 1 aromatic rings. The summed E-state index contributed by atoms with van der Waals surface area (Å²) < 4.78 is 0. The van der Waals surface area contributed by atoms with Crippen LogP contribution in [-0.4, -0.2) is 29.7 Å². The van der Waals surface area contributed by atoms with Crippen molar-refractivity contribution in [3.63, 3.8) is 0 Å². The number of rotatable bonds is 3. The summed E-state index contributed by atoms with van der Waals surface area (Å²) in [5.41, 5.74) is 8.97. The Morgan fingerprint density at radius 3 is 2.46 bits per heavy atom. The zero-order valence-electron chi connectivity index (χ0n) is 13.9. The highest BCUT2D eigenvalue weighted by atomic mass is 16.2. The van der Waals surface area contributed by atoms with Crippen LogP contribution in [-0.2, 0) is 9.59 Å². The van der Waals surface area contributed by atoms with E-state index < -0.39 is 5.91 Å². The van der Waals surface area contributed by atoms with Crippen molar-refractivity contribution < 1.29 is 14.4 Å². The Morgan fingerprint density at radius 1 is 1.17 bits per heavy atom. The Balaban J connectivity index is 1.98. The molecule has 0 atom stereocenters. The minimum Gasteiger partial charge on any atom is -0.366 e. The second kappa shape index (κ2) is 6.59. The quantitative estimate of drug-likeness (QED) is 0.867. The lowest BCUT2D eigenvalue weighted by molar-refractivity contribution is -0.146. The number of nitrogens with zero attached hydrogens (tertiary/aromatic N) is 1. The number of hydrogen-bond acceptors (Lipinski definition) is 3. The Hall–Kier alpha value is -2.43. The van der Waals surface area contributed by atoms with Gasteiger partial charge in [0.25, 0.3) is 0 Å². The van der Waals surface area contributed by atoms with Gasteiger partial charge in [0.1, 0.15) is 0 Å². The molecular weight excluding hydrogens is 304 g/mol. The highest BCUT2D eigenvalue weighted by Gasteiger charge is 2.31. The van der Waals surface area contributed by atoms with Gasteiger partial charge in [0.2, 0.25) is 17.7 Å². The molecule has 24 heavy (non-hydrogen) atoms. The largest absolute Gasteiger partial charge is 0.366 e. The fourth-order valence-corrected chi connectivity index (χ4v) is 3.52. The molecule has 1 aliphatic heterocycles. The molecule has 1 aromatic carbocycles. The van der Waals surface area contributed by atoms with Gasteiger partial charge >= 0.3 is 0 Å². The van der Waals surface area contributed by atoms with Crippen LogP contribution in [0.3, 0.4) is 0 Å². The van der Waals surface area contributed by atoms with E-state index in [1.807, 2.05) is 12.1 Å². The predicted molar refractivity (Wildman–Crippen MR) is 91.2 cm³/mol. The minimum absolute atomic E-state index is 0.133. The molecule has 5 nitrogen and oxygen atoms in total. The fourth-order valence-electron chi connectivity index (χ4n) is 3.52. The molecule has 0 bridgehead atoms. The third-order valence-electron chi connectivity index (χ3n) is 5.01. The van der Waals surface area contributed by atoms with Crippen LogP contribution in [0, 0.1) is 0 Å². The minimum atomic E-state index is -0.446. The van der Waals surface area contributed by atoms with E-state index in [2.05, 4.69) is 6.08 Å². The molecule has 1 saturated heterocycles. The highest BCUT2D eigenvalue weighted by Crippen LogP contribution is 2.34. The molecule has 1 fully saturated rings. The normalized spacial score (nSPS) is 19.4. The molecule has 1 aliphatic carbocycles. The first kappa shape index (κ1) is 16.4. The van der Waals surface area contributed by atoms with Crippen LogP contribution in [0.25, 0.3) is 5.57 Å². The Kier molecular flexibility index (Phi) is 4.51. The van der Waals surface area contributed by atoms with Gasteiger partial charge in [0.15, 0.2) is 0 Å². The van der Waals surface area contributed by atoms with Gasteiger partial charge in [-0.25, -0.2) is 0 Å². The van der Waals surface area contributed by atoms with Crippen molar-refractivity contribution >= 4 is 23.3 Å². The summed E-state index contributed by atoms with van der Waals surface area (Å²) in [6.45, 7) is 0. The molecule has 2 aliphatic rings. The van der Waals surface area contributed by atoms with Crippen LogP contribution in [0.15, 0.2) is 24.3 Å². The summed E-state index contributed by atoms with van der Waals surface area (Å²) in [6, 6.07) is 5.51. The zero-order chi connectivity index (χ0) is 17.3. The first-order chi connectivity index (χ1) is 11.5. The summed E-state index contributed by atoms with van der Waals surface area (Å²) in [5.74, 6) is -0.896. The maximum atomic E-state index is 12.0. The second-order valence-electron chi connectivity index (χ2n) is 6.60. The number of hydrogen-bond donors (Lipinski definition) is 1. The van der Waals surface area contributed by atoms with Crippen molar-refractivity contribution in [1.29, 1.82) is 0 Å². The third kappa shape index (κ3) is 3.11. The zero-order valence-corrected chi connectivity index (χ0v) is 13.9. The van der Waals surface area contributed by atoms with E-state index in [1.165, 1.54) is 11.9 Å². The van der Waals surface area contributed by atoms with E-state index in [0.717, 1.165) is 42.4 Å². The number of amides is 3. The third-order valence-corrected chi connectivity index (χ3v) is 5.01. The molecular formula is C19H22N2O3. The Labute approximate surface area is 141 Å². The van der Waals surface area contributed by atoms with Gasteiger partial charge in [-0.2, -0.15) is 0 Å². The molecule has 0 spiro atoms. The van der Waals surface area contributed by atoms with Gasteiger partial charge in [0.05, 0.1) is 0 Å². The van der Waals surface area contributed by atoms with E-state index in [1.54, 1.807) is 6.07 Å². The summed E-state index contributed by atoms with van der Waals surface area (Å²) >= 11 is 0. The van der Waals surface area contributed by atoms with Gasteiger partial charge in [-0.15, -0.1) is 0 Å². The molecule has 126 valence electrons. The first-order valence-corrected chi connectivity index (χ1v) is 8.40. The number of allylic oxidation sites excluding steroid dienone is 2. The summed E-state index contributed by atoms with van der Waals surface area (Å²) in [4.78, 5) is 36.9. The van der Waals surface area contributed by atoms with Crippen molar-refractivity contribution in [3.05, 3.63) is 41.0 Å². The molecule has 0 saturated carbocycles. The molecule has 1 heterocycles. The van der Waals surface area contributed by atoms with Crippen LogP contribution in [0.5, 0.6) is 0 Å². The van der Waals surface area contributed by atoms with Crippen molar-refractivity contribution in [2.24, 2.45) is 5.73 Å². The number of piperidine rings is 1. The average Bonchev–Trinajstić information content (AvgIpc) is 2.59. The van der Waals surface area contributed by atoms with E-state index >= 15 is 0 Å². The molecule has 0 aromatic heterocycles. The number of imide groups is 1. The van der Waals surface area contributed by atoms with E-state index in [-0.39, 0.29) is 17.7 Å². The van der Waals surface area contributed by atoms with Gasteiger partial charge in [0, 0.05) is 31.4 Å². The maximum Gasteiger partial charge on any atom is 0.249 e. The van der Waals surface area contributed by atoms with E-state index in [0.29, 0.717) is 18.4 Å². The lowest BCUT2D eigenvalue weighted by atomic mass is 9.84. The Bertz CT molecular complexity index is 718. The van der Waals surface area contributed by atoms with Crippen LogP contribution in [0.2, 0.25) is 0 Å². The molecule has 3 rings (SSSR count). The summed E-state index contributed by atoms with van der Waals surface area (Å²) in [6.07, 6.45) is 6.98. The standard InChI is InChI=1S/C19H22N2O3/c1-21-17(22)10-14(11-18(21)23)13-7-8-15(19(20)24)16(9-13)12-5-3-2-4-6-12/h5,7-9,14H,2-4,6,10-11H2,1H3,(H2,20,24). The fraction of sp³-hybridized carbons (Fsp3) is 0.421. The summed E-state index contributed by atoms with van der Waals surface area (Å²) in [5, 5.41) is 0. The van der Waals surface area contributed by atoms with Gasteiger partial charge in [-0.1, -0.05) is 18.2 Å². The van der Waals surface area contributed by atoms with Crippen molar-refractivity contribution in [2.75, 3.05) is 7.05 Å². The number of benzene rings is 1. The molecule has 0 radical (unpaired) electrons. The lowest BCUT2D eigenvalue weighted by Crippen LogP contribution is -2.39. The average molecular weight is 326 g/mol. The van der Waals surface area contributed by atoms with Crippen molar-refractivity contribution in [1.82, 2.24) is 4.90 Å². The van der Waals surface area contributed by atoms with Crippen molar-refractivity contribution in [2.45, 2.75) is 44.4 Å². The van der Waals surface area contributed by atoms with Crippen molar-refractivity contribution in [3.8, 4) is 0 Å². The van der Waals surface area contributed by atoms with Gasteiger partial charge in [-0.3, -0.25) is 19.3 Å². The highest BCUT2D eigenvalue weighted by molar-refractivity contribution is 5.99. The lowest BCUT2D eigenvalue weighted by Gasteiger charge is -2.28. The van der Waals surface area contributed by atoms with Gasteiger partial charge < -0.3 is 5.73 Å². The van der Waals surface area contributed by atoms with Gasteiger partial charge in [-0.05, 0) is 48.4 Å². The molecule has 0 unspecified atom stereocenters. The Morgan fingerprint density at radius 2 is 1.88 bits per heavy atom. The maximum absolute atomic E-state index is 12.0. The predicted octanol–water partition coefficient (Wildman–Crippen LogP) is 2.61. The molecule has 3 amide bonds. The smallest absolute Gasteiger partial charge is 0.249 e. The van der Waals surface area contributed by atoms with E-state index in [9.17, 15) is 14.4 Å².